The number of carboxylic acids is 1. The number of aliphatic carboxylic acids is 1. The molecule has 0 aliphatic carbocycles. The van der Waals surface area contributed by atoms with Gasteiger partial charge in [0.1, 0.15) is 6.54 Å². The Bertz CT molecular complexity index is 514. The van der Waals surface area contributed by atoms with E-state index < -0.39 is 13.6 Å². The van der Waals surface area contributed by atoms with Gasteiger partial charge in [-0.2, -0.15) is 0 Å². The van der Waals surface area contributed by atoms with Crippen molar-refractivity contribution in [3.63, 3.8) is 0 Å². The number of carbonyl (C=O) groups is 1. The molecule has 4 N–H and O–H groups in total. The molecular formula is C11H17ClNO5P. The zero-order chi connectivity index (χ0) is 13.9. The molecule has 0 radical (unpaired) electrons. The van der Waals surface area contributed by atoms with E-state index in [9.17, 15) is 9.36 Å². The third kappa shape index (κ3) is 6.07. The molecule has 0 fully saturated rings. The van der Waals surface area contributed by atoms with Crippen LogP contribution in [-0.4, -0.2) is 27.4 Å². The molecular weight excluding hydrogens is 293 g/mol. The summed E-state index contributed by atoms with van der Waals surface area (Å²) in [5.41, 5.74) is 2.70. The first-order chi connectivity index (χ1) is 8.19. The highest BCUT2D eigenvalue weighted by atomic mass is 35.5. The molecule has 19 heavy (non-hydrogen) atoms. The van der Waals surface area contributed by atoms with Crippen molar-refractivity contribution in [1.29, 1.82) is 0 Å². The van der Waals surface area contributed by atoms with Crippen LogP contribution in [0.1, 0.15) is 16.7 Å². The van der Waals surface area contributed by atoms with Gasteiger partial charge in [0.15, 0.2) is 0 Å². The van der Waals surface area contributed by atoms with Gasteiger partial charge >= 0.3 is 13.6 Å². The first-order valence-corrected chi connectivity index (χ1v) is 7.09. The van der Waals surface area contributed by atoms with E-state index in [4.69, 9.17) is 14.9 Å². The minimum absolute atomic E-state index is 0. The number of nitrogens with one attached hydrogen (secondary N) is 1. The summed E-state index contributed by atoms with van der Waals surface area (Å²) in [6, 6.07) is 3.36. The lowest BCUT2D eigenvalue weighted by atomic mass is 10.0. The molecule has 0 heterocycles. The van der Waals surface area contributed by atoms with Crippen LogP contribution in [0, 0.1) is 13.8 Å². The van der Waals surface area contributed by atoms with Gasteiger partial charge in [0, 0.05) is 5.69 Å². The Kier molecular flexibility index (Phi) is 6.52. The Hall–Kier alpha value is -1.07. The smallest absolute Gasteiger partial charge is 0.329 e. The summed E-state index contributed by atoms with van der Waals surface area (Å²) >= 11 is 0. The van der Waals surface area contributed by atoms with Crippen molar-refractivity contribution in [2.45, 2.75) is 20.0 Å². The van der Waals surface area contributed by atoms with Crippen LogP contribution < -0.4 is 5.32 Å². The fourth-order valence-electron chi connectivity index (χ4n) is 1.63. The van der Waals surface area contributed by atoms with Crippen molar-refractivity contribution in [2.75, 3.05) is 11.9 Å². The molecule has 1 aromatic carbocycles. The Morgan fingerprint density at radius 2 is 1.84 bits per heavy atom. The van der Waals surface area contributed by atoms with Crippen LogP contribution in [0.25, 0.3) is 0 Å². The standard InChI is InChI=1S/C11H16NO5P.ClH/c1-7-4-10(12-5-11(13)14)8(2)3-9(7)6-18(15,16)17;/h3-4,12H,5-6H2,1-2H3,(H,13,14)(H2,15,16,17);1H. The van der Waals surface area contributed by atoms with E-state index in [0.29, 0.717) is 11.3 Å². The molecule has 0 saturated heterocycles. The highest BCUT2D eigenvalue weighted by Crippen LogP contribution is 2.40. The normalized spacial score (nSPS) is 10.7. The summed E-state index contributed by atoms with van der Waals surface area (Å²) in [6.45, 7) is 3.29. The van der Waals surface area contributed by atoms with Crippen LogP contribution in [-0.2, 0) is 15.5 Å². The maximum Gasteiger partial charge on any atom is 0.329 e. The monoisotopic (exact) mass is 309 g/mol. The second-order valence-corrected chi connectivity index (χ2v) is 5.81. The van der Waals surface area contributed by atoms with Crippen molar-refractivity contribution in [1.82, 2.24) is 0 Å². The number of rotatable bonds is 5. The van der Waals surface area contributed by atoms with E-state index >= 15 is 0 Å². The lowest BCUT2D eigenvalue weighted by Crippen LogP contribution is -2.13. The number of benzene rings is 1. The fourth-order valence-corrected chi connectivity index (χ4v) is 2.41. The fraction of sp³-hybridized carbons (Fsp3) is 0.364. The van der Waals surface area contributed by atoms with Gasteiger partial charge in [-0.25, -0.2) is 0 Å². The van der Waals surface area contributed by atoms with E-state index in [0.717, 1.165) is 11.1 Å². The lowest BCUT2D eigenvalue weighted by Gasteiger charge is -2.13. The molecule has 1 rings (SSSR count). The van der Waals surface area contributed by atoms with E-state index in [2.05, 4.69) is 5.32 Å². The number of aryl methyl sites for hydroxylation is 2. The van der Waals surface area contributed by atoms with Gasteiger partial charge in [-0.05, 0) is 36.6 Å². The number of hydrogen-bond donors (Lipinski definition) is 4. The topological polar surface area (TPSA) is 107 Å². The van der Waals surface area contributed by atoms with E-state index in [1.165, 1.54) is 0 Å². The second kappa shape index (κ2) is 6.91. The van der Waals surface area contributed by atoms with Crippen LogP contribution in [0.2, 0.25) is 0 Å². The molecule has 0 unspecified atom stereocenters. The summed E-state index contributed by atoms with van der Waals surface area (Å²) in [5, 5.41) is 11.3. The first kappa shape index (κ1) is 17.9. The summed E-state index contributed by atoms with van der Waals surface area (Å²) in [5.74, 6) is -0.966. The van der Waals surface area contributed by atoms with Gasteiger partial charge in [-0.15, -0.1) is 12.4 Å². The number of halogens is 1. The lowest BCUT2D eigenvalue weighted by molar-refractivity contribution is -0.134. The zero-order valence-corrected chi connectivity index (χ0v) is 12.3. The third-order valence-electron chi connectivity index (χ3n) is 2.49. The Labute approximate surface area is 117 Å². The molecule has 0 spiro atoms. The molecule has 0 saturated carbocycles. The summed E-state index contributed by atoms with van der Waals surface area (Å²) < 4.78 is 11.0. The zero-order valence-electron chi connectivity index (χ0n) is 10.6. The van der Waals surface area contributed by atoms with Crippen LogP contribution in [0.5, 0.6) is 0 Å². The minimum Gasteiger partial charge on any atom is -0.480 e. The molecule has 108 valence electrons. The summed E-state index contributed by atoms with van der Waals surface area (Å²) in [7, 11) is -4.10. The highest BCUT2D eigenvalue weighted by molar-refractivity contribution is 7.50. The van der Waals surface area contributed by atoms with Gasteiger partial charge in [0.25, 0.3) is 0 Å². The van der Waals surface area contributed by atoms with Crippen molar-refractivity contribution in [2.24, 2.45) is 0 Å². The molecule has 0 atom stereocenters. The maximum atomic E-state index is 11.0. The molecule has 0 bridgehead atoms. The molecule has 0 amide bonds. The van der Waals surface area contributed by atoms with Gasteiger partial charge in [0.2, 0.25) is 0 Å². The van der Waals surface area contributed by atoms with Crippen LogP contribution >= 0.6 is 20.0 Å². The molecule has 0 aliphatic heterocycles. The average Bonchev–Trinajstić information content (AvgIpc) is 2.18. The number of carboxylic acid groups (broad SMARTS) is 1. The second-order valence-electron chi connectivity index (χ2n) is 4.16. The molecule has 0 aliphatic rings. The Morgan fingerprint density at radius 3 is 2.32 bits per heavy atom. The third-order valence-corrected chi connectivity index (χ3v) is 3.24. The van der Waals surface area contributed by atoms with E-state index in [1.807, 2.05) is 0 Å². The predicted molar refractivity (Wildman–Crippen MR) is 75.0 cm³/mol. The maximum absolute atomic E-state index is 11.0. The molecule has 0 aromatic heterocycles. The average molecular weight is 310 g/mol. The Balaban J connectivity index is 0.00000324. The van der Waals surface area contributed by atoms with Gasteiger partial charge in [-0.1, -0.05) is 6.07 Å². The first-order valence-electron chi connectivity index (χ1n) is 5.29. The number of hydrogen-bond acceptors (Lipinski definition) is 3. The summed E-state index contributed by atoms with van der Waals surface area (Å²) in [4.78, 5) is 28.4. The Morgan fingerprint density at radius 1 is 1.26 bits per heavy atom. The molecule has 6 nitrogen and oxygen atoms in total. The van der Waals surface area contributed by atoms with Crippen molar-refractivity contribution in [3.05, 3.63) is 28.8 Å². The van der Waals surface area contributed by atoms with Gasteiger partial charge in [-0.3, -0.25) is 9.36 Å². The quantitative estimate of drug-likeness (QED) is 0.619. The van der Waals surface area contributed by atoms with E-state index in [-0.39, 0.29) is 25.1 Å². The van der Waals surface area contributed by atoms with Crippen LogP contribution in [0.3, 0.4) is 0 Å². The summed E-state index contributed by atoms with van der Waals surface area (Å²) in [6.07, 6.45) is -0.307. The van der Waals surface area contributed by atoms with Crippen LogP contribution in [0.4, 0.5) is 5.69 Å². The van der Waals surface area contributed by atoms with Gasteiger partial charge < -0.3 is 20.2 Å². The molecule has 1 aromatic rings. The van der Waals surface area contributed by atoms with Crippen LogP contribution in [0.15, 0.2) is 12.1 Å². The van der Waals surface area contributed by atoms with Crippen molar-refractivity contribution in [3.8, 4) is 0 Å². The SMILES string of the molecule is Cc1cc(NCC(=O)O)c(C)cc1CP(=O)(O)O.Cl. The number of anilines is 1. The predicted octanol–water partition coefficient (Wildman–Crippen LogP) is 1.90. The highest BCUT2D eigenvalue weighted by Gasteiger charge is 2.16. The van der Waals surface area contributed by atoms with Gasteiger partial charge in [0.05, 0.1) is 6.16 Å². The largest absolute Gasteiger partial charge is 0.480 e. The van der Waals surface area contributed by atoms with Crippen molar-refractivity contribution < 1.29 is 24.3 Å². The molecule has 8 heteroatoms. The van der Waals surface area contributed by atoms with Crippen molar-refractivity contribution >= 4 is 31.7 Å². The minimum atomic E-state index is -4.10. The van der Waals surface area contributed by atoms with E-state index in [1.54, 1.807) is 26.0 Å².